The quantitative estimate of drug-likeness (QED) is 0.647. The number of fused-ring (bicyclic) bond motifs is 1. The van der Waals surface area contributed by atoms with Crippen molar-refractivity contribution in [2.24, 2.45) is 0 Å². The average Bonchev–Trinajstić information content (AvgIpc) is 2.60. The van der Waals surface area contributed by atoms with Crippen LogP contribution in [0.5, 0.6) is 5.75 Å². The molecule has 0 heterocycles. The van der Waals surface area contributed by atoms with Gasteiger partial charge in [0.2, 0.25) is 0 Å². The number of aliphatic hydroxyl groups excluding tert-OH is 1. The Morgan fingerprint density at radius 3 is 2.42 bits per heavy atom. The molecule has 0 aliphatic heterocycles. The fraction of sp³-hybridized carbons (Fsp3) is 0.238. The van der Waals surface area contributed by atoms with Crippen LogP contribution in [0.25, 0.3) is 10.8 Å². The number of para-hydroxylation sites is 1. The molecule has 0 saturated heterocycles. The van der Waals surface area contributed by atoms with Crippen molar-refractivity contribution in [2.75, 3.05) is 6.54 Å². The van der Waals surface area contributed by atoms with Crippen LogP contribution in [0, 0.1) is 0 Å². The van der Waals surface area contributed by atoms with Gasteiger partial charge in [-0.3, -0.25) is 0 Å². The molecule has 2 atom stereocenters. The van der Waals surface area contributed by atoms with E-state index in [0.29, 0.717) is 12.1 Å². The minimum atomic E-state index is -0.717. The number of phenols is 1. The summed E-state index contributed by atoms with van der Waals surface area (Å²) in [5.74, 6) is 0.133. The third kappa shape index (κ3) is 3.94. The van der Waals surface area contributed by atoms with Gasteiger partial charge in [-0.15, -0.1) is 0 Å². The monoisotopic (exact) mass is 321 g/mol. The van der Waals surface area contributed by atoms with E-state index >= 15 is 0 Å². The van der Waals surface area contributed by atoms with Gasteiger partial charge in [-0.25, -0.2) is 0 Å². The second kappa shape index (κ2) is 7.47. The molecule has 24 heavy (non-hydrogen) atoms. The summed E-state index contributed by atoms with van der Waals surface area (Å²) < 4.78 is 0. The molecule has 0 amide bonds. The molecular weight excluding hydrogens is 298 g/mol. The Morgan fingerprint density at radius 2 is 1.62 bits per heavy atom. The van der Waals surface area contributed by atoms with Crippen molar-refractivity contribution in [2.45, 2.75) is 25.5 Å². The predicted molar refractivity (Wildman–Crippen MR) is 98.2 cm³/mol. The highest BCUT2D eigenvalue weighted by molar-refractivity contribution is 5.82. The molecule has 3 aromatic carbocycles. The standard InChI is InChI=1S/C21H23NO2/c1-15(22-14-21(24)19-8-4-5-9-20(19)23)12-16-10-11-17-6-2-3-7-18(17)13-16/h2-11,13,15,21-24H,12,14H2,1H3. The minimum absolute atomic E-state index is 0.133. The summed E-state index contributed by atoms with van der Waals surface area (Å²) in [6.07, 6.45) is 0.170. The number of rotatable bonds is 6. The Labute approximate surface area is 142 Å². The number of aromatic hydroxyl groups is 1. The van der Waals surface area contributed by atoms with Crippen LogP contribution >= 0.6 is 0 Å². The van der Waals surface area contributed by atoms with Gasteiger partial charge in [0.1, 0.15) is 5.75 Å². The highest BCUT2D eigenvalue weighted by Crippen LogP contribution is 2.23. The van der Waals surface area contributed by atoms with E-state index in [1.54, 1.807) is 18.2 Å². The first-order valence-electron chi connectivity index (χ1n) is 8.30. The van der Waals surface area contributed by atoms with E-state index < -0.39 is 6.10 Å². The Hall–Kier alpha value is -2.36. The zero-order chi connectivity index (χ0) is 16.9. The Bertz CT molecular complexity index is 816. The van der Waals surface area contributed by atoms with Gasteiger partial charge < -0.3 is 15.5 Å². The maximum absolute atomic E-state index is 10.2. The number of aliphatic hydroxyl groups is 1. The molecule has 3 heteroatoms. The lowest BCUT2D eigenvalue weighted by molar-refractivity contribution is 0.167. The lowest BCUT2D eigenvalue weighted by Gasteiger charge is -2.18. The van der Waals surface area contributed by atoms with E-state index in [1.165, 1.54) is 16.3 Å². The average molecular weight is 321 g/mol. The molecular formula is C21H23NO2. The summed E-state index contributed by atoms with van der Waals surface area (Å²) in [6.45, 7) is 2.51. The van der Waals surface area contributed by atoms with Crippen molar-refractivity contribution >= 4 is 10.8 Å². The Kier molecular flexibility index (Phi) is 5.14. The zero-order valence-corrected chi connectivity index (χ0v) is 13.8. The molecule has 0 fully saturated rings. The van der Waals surface area contributed by atoms with E-state index in [0.717, 1.165) is 6.42 Å². The predicted octanol–water partition coefficient (Wildman–Crippen LogP) is 3.80. The Balaban J connectivity index is 1.58. The van der Waals surface area contributed by atoms with Crippen molar-refractivity contribution in [3.8, 4) is 5.75 Å². The number of hydrogen-bond donors (Lipinski definition) is 3. The van der Waals surface area contributed by atoms with E-state index in [9.17, 15) is 10.2 Å². The van der Waals surface area contributed by atoms with Crippen molar-refractivity contribution in [1.29, 1.82) is 0 Å². The normalized spacial score (nSPS) is 13.8. The third-order valence-corrected chi connectivity index (χ3v) is 4.31. The summed E-state index contributed by atoms with van der Waals surface area (Å²) in [5.41, 5.74) is 1.83. The van der Waals surface area contributed by atoms with Gasteiger partial charge >= 0.3 is 0 Å². The second-order valence-corrected chi connectivity index (χ2v) is 6.27. The molecule has 0 aliphatic carbocycles. The second-order valence-electron chi connectivity index (χ2n) is 6.27. The van der Waals surface area contributed by atoms with Gasteiger partial charge in [0, 0.05) is 18.2 Å². The van der Waals surface area contributed by atoms with Gasteiger partial charge in [0.15, 0.2) is 0 Å². The van der Waals surface area contributed by atoms with Crippen LogP contribution in [0.4, 0.5) is 0 Å². The summed E-state index contributed by atoms with van der Waals surface area (Å²) >= 11 is 0. The lowest BCUT2D eigenvalue weighted by Crippen LogP contribution is -2.32. The lowest BCUT2D eigenvalue weighted by atomic mass is 10.0. The summed E-state index contributed by atoms with van der Waals surface area (Å²) in [6, 6.07) is 22.0. The van der Waals surface area contributed by atoms with Crippen molar-refractivity contribution < 1.29 is 10.2 Å². The van der Waals surface area contributed by atoms with Crippen molar-refractivity contribution in [3.63, 3.8) is 0 Å². The highest BCUT2D eigenvalue weighted by atomic mass is 16.3. The van der Waals surface area contributed by atoms with Crippen LogP contribution in [0.1, 0.15) is 24.2 Å². The fourth-order valence-corrected chi connectivity index (χ4v) is 2.98. The first kappa shape index (κ1) is 16.5. The summed E-state index contributed by atoms with van der Waals surface area (Å²) in [7, 11) is 0. The van der Waals surface area contributed by atoms with Gasteiger partial charge in [-0.1, -0.05) is 60.7 Å². The molecule has 0 aromatic heterocycles. The van der Waals surface area contributed by atoms with Gasteiger partial charge in [0.05, 0.1) is 6.10 Å². The van der Waals surface area contributed by atoms with Crippen LogP contribution in [0.15, 0.2) is 66.7 Å². The molecule has 2 unspecified atom stereocenters. The van der Waals surface area contributed by atoms with E-state index in [2.05, 4.69) is 48.6 Å². The van der Waals surface area contributed by atoms with Gasteiger partial charge in [-0.2, -0.15) is 0 Å². The summed E-state index contributed by atoms with van der Waals surface area (Å²) in [4.78, 5) is 0. The number of phenolic OH excluding ortho intramolecular Hbond substituents is 1. The molecule has 3 rings (SSSR count). The van der Waals surface area contributed by atoms with E-state index in [-0.39, 0.29) is 11.8 Å². The molecule has 0 bridgehead atoms. The van der Waals surface area contributed by atoms with E-state index in [1.807, 2.05) is 12.1 Å². The third-order valence-electron chi connectivity index (χ3n) is 4.31. The van der Waals surface area contributed by atoms with Crippen LogP contribution in [-0.4, -0.2) is 22.8 Å². The number of hydrogen-bond acceptors (Lipinski definition) is 3. The number of benzene rings is 3. The van der Waals surface area contributed by atoms with Gasteiger partial charge in [-0.05, 0) is 35.7 Å². The zero-order valence-electron chi connectivity index (χ0n) is 13.8. The molecule has 3 nitrogen and oxygen atoms in total. The smallest absolute Gasteiger partial charge is 0.121 e. The maximum atomic E-state index is 10.2. The van der Waals surface area contributed by atoms with Crippen molar-refractivity contribution in [3.05, 3.63) is 77.9 Å². The summed E-state index contributed by atoms with van der Waals surface area (Å²) in [5, 5.41) is 25.9. The van der Waals surface area contributed by atoms with Gasteiger partial charge in [0.25, 0.3) is 0 Å². The molecule has 3 aromatic rings. The topological polar surface area (TPSA) is 52.5 Å². The van der Waals surface area contributed by atoms with E-state index in [4.69, 9.17) is 0 Å². The first-order valence-corrected chi connectivity index (χ1v) is 8.30. The largest absolute Gasteiger partial charge is 0.508 e. The fourth-order valence-electron chi connectivity index (χ4n) is 2.98. The number of nitrogens with one attached hydrogen (secondary N) is 1. The molecule has 3 N–H and O–H groups in total. The SMILES string of the molecule is CC(Cc1ccc2ccccc2c1)NCC(O)c1ccccc1O. The minimum Gasteiger partial charge on any atom is -0.508 e. The first-order chi connectivity index (χ1) is 11.6. The molecule has 0 saturated carbocycles. The van der Waals surface area contributed by atoms with Crippen LogP contribution in [0.3, 0.4) is 0 Å². The van der Waals surface area contributed by atoms with Crippen LogP contribution in [-0.2, 0) is 6.42 Å². The molecule has 0 radical (unpaired) electrons. The molecule has 124 valence electrons. The van der Waals surface area contributed by atoms with Crippen molar-refractivity contribution in [1.82, 2.24) is 5.32 Å². The maximum Gasteiger partial charge on any atom is 0.121 e. The van der Waals surface area contributed by atoms with Crippen LogP contribution in [0.2, 0.25) is 0 Å². The van der Waals surface area contributed by atoms with Crippen LogP contribution < -0.4 is 5.32 Å². The molecule has 0 aliphatic rings. The highest BCUT2D eigenvalue weighted by Gasteiger charge is 2.13. The molecule has 0 spiro atoms. The Morgan fingerprint density at radius 1 is 0.917 bits per heavy atom.